The smallest absolute Gasteiger partial charge is 0.0762 e. The molecule has 4 heteroatoms. The van der Waals surface area contributed by atoms with Crippen LogP contribution in [-0.4, -0.2) is 27.5 Å². The van der Waals surface area contributed by atoms with Gasteiger partial charge >= 0.3 is 0 Å². The maximum atomic E-state index is 9.17. The van der Waals surface area contributed by atoms with Crippen molar-refractivity contribution in [3.8, 4) is 0 Å². The summed E-state index contributed by atoms with van der Waals surface area (Å²) >= 11 is 0. The Morgan fingerprint density at radius 3 is 2.73 bits per heavy atom. The molecule has 1 heterocycles. The van der Waals surface area contributed by atoms with Gasteiger partial charge in [0.05, 0.1) is 12.3 Å². The third kappa shape index (κ3) is 4.44. The number of rotatable bonds is 6. The molecular weight excluding hydrogens is 190 g/mol. The van der Waals surface area contributed by atoms with Crippen molar-refractivity contribution in [3.63, 3.8) is 0 Å². The second-order valence-electron chi connectivity index (χ2n) is 4.37. The highest BCUT2D eigenvalue weighted by atomic mass is 16.3. The molecule has 0 saturated heterocycles. The van der Waals surface area contributed by atoms with E-state index < -0.39 is 0 Å². The van der Waals surface area contributed by atoms with Gasteiger partial charge in [0, 0.05) is 25.8 Å². The van der Waals surface area contributed by atoms with Crippen molar-refractivity contribution in [1.29, 1.82) is 0 Å². The van der Waals surface area contributed by atoms with Gasteiger partial charge in [-0.25, -0.2) is 0 Å². The number of aryl methyl sites for hydroxylation is 1. The van der Waals surface area contributed by atoms with E-state index in [1.807, 2.05) is 19.3 Å². The Hall–Kier alpha value is -0.870. The molecule has 0 spiro atoms. The molecule has 0 aromatic carbocycles. The molecular formula is C11H21N3O. The van der Waals surface area contributed by atoms with E-state index in [1.54, 1.807) is 4.68 Å². The predicted molar refractivity (Wildman–Crippen MR) is 60.4 cm³/mol. The maximum Gasteiger partial charge on any atom is 0.0762 e. The fourth-order valence-electron chi connectivity index (χ4n) is 1.60. The minimum atomic E-state index is 0.173. The topological polar surface area (TPSA) is 50.1 Å². The predicted octanol–water partition coefficient (Wildman–Crippen LogP) is 0.917. The molecule has 1 rings (SSSR count). The minimum Gasteiger partial charge on any atom is -0.395 e. The van der Waals surface area contributed by atoms with E-state index in [0.29, 0.717) is 5.92 Å². The van der Waals surface area contributed by atoms with Crippen molar-refractivity contribution < 1.29 is 5.11 Å². The molecule has 0 radical (unpaired) electrons. The fraction of sp³-hybridized carbons (Fsp3) is 0.727. The number of aliphatic hydroxyl groups excluding tert-OH is 1. The third-order valence-electron chi connectivity index (χ3n) is 2.32. The van der Waals surface area contributed by atoms with E-state index in [-0.39, 0.29) is 12.6 Å². The van der Waals surface area contributed by atoms with Crippen LogP contribution in [0.15, 0.2) is 12.3 Å². The average Bonchev–Trinajstić information content (AvgIpc) is 2.58. The maximum absolute atomic E-state index is 9.17. The molecule has 0 bridgehead atoms. The first kappa shape index (κ1) is 12.2. The Kier molecular flexibility index (Phi) is 4.78. The average molecular weight is 211 g/mol. The normalized spacial score (nSPS) is 13.4. The molecule has 15 heavy (non-hydrogen) atoms. The number of aliphatic hydroxyl groups is 1. The lowest BCUT2D eigenvalue weighted by Crippen LogP contribution is -2.33. The molecule has 0 aliphatic heterocycles. The molecule has 0 aliphatic carbocycles. The number of nitrogens with one attached hydrogen (secondary N) is 1. The minimum absolute atomic E-state index is 0.173. The van der Waals surface area contributed by atoms with Crippen molar-refractivity contribution in [2.45, 2.75) is 32.9 Å². The summed E-state index contributed by atoms with van der Waals surface area (Å²) in [7, 11) is 1.90. The molecule has 2 N–H and O–H groups in total. The molecule has 86 valence electrons. The van der Waals surface area contributed by atoms with Crippen LogP contribution < -0.4 is 5.32 Å². The highest BCUT2D eigenvalue weighted by Gasteiger charge is 2.09. The number of nitrogens with zero attached hydrogens (tertiary/aromatic N) is 2. The van der Waals surface area contributed by atoms with Crippen LogP contribution >= 0.6 is 0 Å². The molecule has 1 atom stereocenters. The van der Waals surface area contributed by atoms with E-state index in [4.69, 9.17) is 0 Å². The van der Waals surface area contributed by atoms with Gasteiger partial charge in [-0.3, -0.25) is 4.68 Å². The van der Waals surface area contributed by atoms with Gasteiger partial charge in [0.2, 0.25) is 0 Å². The first-order valence-corrected chi connectivity index (χ1v) is 5.44. The van der Waals surface area contributed by atoms with Gasteiger partial charge in [0.15, 0.2) is 0 Å². The molecule has 0 fully saturated rings. The molecule has 0 amide bonds. The third-order valence-corrected chi connectivity index (χ3v) is 2.32. The van der Waals surface area contributed by atoms with Crippen LogP contribution in [0.5, 0.6) is 0 Å². The molecule has 4 nitrogen and oxygen atoms in total. The summed E-state index contributed by atoms with van der Waals surface area (Å²) in [5.74, 6) is 0.596. The second-order valence-corrected chi connectivity index (χ2v) is 4.37. The lowest BCUT2D eigenvalue weighted by molar-refractivity contribution is 0.223. The highest BCUT2D eigenvalue weighted by Crippen LogP contribution is 2.05. The summed E-state index contributed by atoms with van der Waals surface area (Å²) in [6, 6.07) is 2.16. The van der Waals surface area contributed by atoms with Gasteiger partial charge in [0.1, 0.15) is 0 Å². The van der Waals surface area contributed by atoms with Crippen LogP contribution in [-0.2, 0) is 13.6 Å². The SMILES string of the molecule is CC(C)CC(CO)NCc1ccn(C)n1. The van der Waals surface area contributed by atoms with Crippen molar-refractivity contribution in [2.24, 2.45) is 13.0 Å². The van der Waals surface area contributed by atoms with Gasteiger partial charge in [-0.15, -0.1) is 0 Å². The van der Waals surface area contributed by atoms with E-state index in [9.17, 15) is 5.11 Å². The number of aromatic nitrogens is 2. The zero-order valence-electron chi connectivity index (χ0n) is 9.77. The summed E-state index contributed by atoms with van der Waals surface area (Å²) in [5.41, 5.74) is 1.01. The van der Waals surface area contributed by atoms with Gasteiger partial charge in [0.25, 0.3) is 0 Å². The van der Waals surface area contributed by atoms with Crippen LogP contribution in [0.4, 0.5) is 0 Å². The van der Waals surface area contributed by atoms with Crippen molar-refractivity contribution >= 4 is 0 Å². The van der Waals surface area contributed by atoms with Crippen LogP contribution in [0.25, 0.3) is 0 Å². The number of hydrogen-bond acceptors (Lipinski definition) is 3. The van der Waals surface area contributed by atoms with E-state index in [1.165, 1.54) is 0 Å². The largest absolute Gasteiger partial charge is 0.395 e. The summed E-state index contributed by atoms with van der Waals surface area (Å²) in [6.45, 7) is 5.22. The van der Waals surface area contributed by atoms with Crippen LogP contribution in [0.3, 0.4) is 0 Å². The first-order valence-electron chi connectivity index (χ1n) is 5.44. The standard InChI is InChI=1S/C11H21N3O/c1-9(2)6-11(8-15)12-7-10-4-5-14(3)13-10/h4-5,9,11-12,15H,6-8H2,1-3H3. The molecule has 0 saturated carbocycles. The highest BCUT2D eigenvalue weighted by molar-refractivity contribution is 4.98. The van der Waals surface area contributed by atoms with Crippen molar-refractivity contribution in [3.05, 3.63) is 18.0 Å². The van der Waals surface area contributed by atoms with Crippen LogP contribution in [0.2, 0.25) is 0 Å². The zero-order chi connectivity index (χ0) is 11.3. The van der Waals surface area contributed by atoms with E-state index >= 15 is 0 Å². The molecule has 1 unspecified atom stereocenters. The zero-order valence-corrected chi connectivity index (χ0v) is 9.77. The fourth-order valence-corrected chi connectivity index (χ4v) is 1.60. The van der Waals surface area contributed by atoms with Crippen LogP contribution in [0.1, 0.15) is 26.0 Å². The Labute approximate surface area is 91.3 Å². The summed E-state index contributed by atoms with van der Waals surface area (Å²) in [5, 5.41) is 16.7. The lowest BCUT2D eigenvalue weighted by Gasteiger charge is -2.17. The van der Waals surface area contributed by atoms with Crippen molar-refractivity contribution in [2.75, 3.05) is 6.61 Å². The number of hydrogen-bond donors (Lipinski definition) is 2. The Morgan fingerprint density at radius 1 is 1.53 bits per heavy atom. The second kappa shape index (κ2) is 5.88. The van der Waals surface area contributed by atoms with E-state index in [2.05, 4.69) is 24.3 Å². The quantitative estimate of drug-likeness (QED) is 0.735. The monoisotopic (exact) mass is 211 g/mol. The molecule has 1 aromatic rings. The Bertz CT molecular complexity index is 283. The summed E-state index contributed by atoms with van der Waals surface area (Å²) in [4.78, 5) is 0. The summed E-state index contributed by atoms with van der Waals surface area (Å²) in [6.07, 6.45) is 2.91. The summed E-state index contributed by atoms with van der Waals surface area (Å²) < 4.78 is 1.79. The Morgan fingerprint density at radius 2 is 2.27 bits per heavy atom. The van der Waals surface area contributed by atoms with Gasteiger partial charge in [-0.1, -0.05) is 13.8 Å². The van der Waals surface area contributed by atoms with Gasteiger partial charge in [-0.05, 0) is 18.4 Å². The van der Waals surface area contributed by atoms with Crippen LogP contribution in [0, 0.1) is 5.92 Å². The Balaban J connectivity index is 2.34. The van der Waals surface area contributed by atoms with Crippen molar-refractivity contribution in [1.82, 2.24) is 15.1 Å². The molecule has 1 aromatic heterocycles. The lowest BCUT2D eigenvalue weighted by atomic mass is 10.0. The molecule has 0 aliphatic rings. The van der Waals surface area contributed by atoms with Gasteiger partial charge in [-0.2, -0.15) is 5.10 Å². The van der Waals surface area contributed by atoms with Gasteiger partial charge < -0.3 is 10.4 Å². The first-order chi connectivity index (χ1) is 7.11. The van der Waals surface area contributed by atoms with E-state index in [0.717, 1.165) is 18.7 Å².